The third-order valence-electron chi connectivity index (χ3n) is 2.95. The van der Waals surface area contributed by atoms with E-state index in [4.69, 9.17) is 5.26 Å². The molecular weight excluding hydrogens is 244 g/mol. The van der Waals surface area contributed by atoms with Crippen LogP contribution in [-0.2, 0) is 4.79 Å². The van der Waals surface area contributed by atoms with Crippen LogP contribution < -0.4 is 15.5 Å². The van der Waals surface area contributed by atoms with Crippen molar-refractivity contribution in [1.82, 2.24) is 20.6 Å². The highest BCUT2D eigenvalue weighted by Gasteiger charge is 2.30. The lowest BCUT2D eigenvalue weighted by Crippen LogP contribution is -2.58. The van der Waals surface area contributed by atoms with E-state index in [0.717, 1.165) is 6.54 Å². The van der Waals surface area contributed by atoms with Crippen molar-refractivity contribution in [1.29, 1.82) is 5.26 Å². The van der Waals surface area contributed by atoms with Crippen LogP contribution in [0.1, 0.15) is 12.6 Å². The first-order chi connectivity index (χ1) is 9.27. The van der Waals surface area contributed by atoms with Crippen molar-refractivity contribution in [2.45, 2.75) is 13.0 Å². The Morgan fingerprint density at radius 3 is 3.16 bits per heavy atom. The van der Waals surface area contributed by atoms with Crippen LogP contribution in [-0.4, -0.2) is 48.1 Å². The topological polar surface area (TPSA) is 93.9 Å². The van der Waals surface area contributed by atoms with Crippen LogP contribution in [0.5, 0.6) is 0 Å². The Kier molecular flexibility index (Phi) is 4.26. The molecule has 19 heavy (non-hydrogen) atoms. The quantitative estimate of drug-likeness (QED) is 0.743. The highest BCUT2D eigenvalue weighted by Crippen LogP contribution is 2.18. The largest absolute Gasteiger partial charge is 0.355 e. The van der Waals surface area contributed by atoms with Crippen molar-refractivity contribution in [3.8, 4) is 6.07 Å². The van der Waals surface area contributed by atoms with Gasteiger partial charge in [-0.15, -0.1) is 0 Å². The lowest BCUT2D eigenvalue weighted by molar-refractivity contribution is -0.122. The Labute approximate surface area is 111 Å². The Balaban J connectivity index is 2.29. The second kappa shape index (κ2) is 6.11. The SMILES string of the molecule is CCNC(=O)C1CNCCN1c1nccnc1C#N. The van der Waals surface area contributed by atoms with Gasteiger partial charge in [-0.1, -0.05) is 0 Å². The van der Waals surface area contributed by atoms with Crippen LogP contribution in [0.3, 0.4) is 0 Å². The van der Waals surface area contributed by atoms with Gasteiger partial charge >= 0.3 is 0 Å². The van der Waals surface area contributed by atoms with E-state index in [0.29, 0.717) is 25.5 Å². The van der Waals surface area contributed by atoms with Gasteiger partial charge in [0.15, 0.2) is 11.5 Å². The number of carbonyl (C=O) groups is 1. The average molecular weight is 260 g/mol. The summed E-state index contributed by atoms with van der Waals surface area (Å²) in [5.74, 6) is 0.409. The van der Waals surface area contributed by atoms with E-state index in [2.05, 4.69) is 20.6 Å². The molecule has 0 aromatic carbocycles. The molecular formula is C12H16N6O. The Morgan fingerprint density at radius 1 is 1.63 bits per heavy atom. The highest BCUT2D eigenvalue weighted by atomic mass is 16.2. The summed E-state index contributed by atoms with van der Waals surface area (Å²) in [4.78, 5) is 22.1. The molecule has 1 aromatic rings. The maximum atomic E-state index is 12.1. The Morgan fingerprint density at radius 2 is 2.42 bits per heavy atom. The third-order valence-corrected chi connectivity index (χ3v) is 2.95. The van der Waals surface area contributed by atoms with Gasteiger partial charge in [0.1, 0.15) is 12.1 Å². The minimum atomic E-state index is -0.363. The lowest BCUT2D eigenvalue weighted by Gasteiger charge is -2.35. The van der Waals surface area contributed by atoms with E-state index in [1.165, 1.54) is 12.4 Å². The summed E-state index contributed by atoms with van der Waals surface area (Å²) in [6.45, 7) is 4.36. The summed E-state index contributed by atoms with van der Waals surface area (Å²) in [5.41, 5.74) is 0.249. The maximum absolute atomic E-state index is 12.1. The maximum Gasteiger partial charge on any atom is 0.244 e. The number of hydrogen-bond acceptors (Lipinski definition) is 6. The molecule has 100 valence electrons. The normalized spacial score (nSPS) is 18.7. The molecule has 1 aromatic heterocycles. The molecule has 7 heteroatoms. The first kappa shape index (κ1) is 13.2. The van der Waals surface area contributed by atoms with Crippen LogP contribution in [0.2, 0.25) is 0 Å². The number of piperazine rings is 1. The molecule has 0 saturated carbocycles. The fourth-order valence-corrected chi connectivity index (χ4v) is 2.10. The molecule has 2 heterocycles. The predicted octanol–water partition coefficient (Wildman–Crippen LogP) is -0.737. The monoisotopic (exact) mass is 260 g/mol. The number of nitrogens with one attached hydrogen (secondary N) is 2. The number of amides is 1. The fraction of sp³-hybridized carbons (Fsp3) is 0.500. The zero-order chi connectivity index (χ0) is 13.7. The van der Waals surface area contributed by atoms with Gasteiger partial charge in [-0.25, -0.2) is 9.97 Å². The van der Waals surface area contributed by atoms with Crippen LogP contribution in [0.25, 0.3) is 0 Å². The van der Waals surface area contributed by atoms with Gasteiger partial charge in [0.25, 0.3) is 0 Å². The molecule has 1 fully saturated rings. The summed E-state index contributed by atoms with van der Waals surface area (Å²) >= 11 is 0. The molecule has 1 saturated heterocycles. The second-order valence-electron chi connectivity index (χ2n) is 4.15. The summed E-state index contributed by atoms with van der Waals surface area (Å²) in [5, 5.41) is 15.1. The zero-order valence-corrected chi connectivity index (χ0v) is 10.8. The zero-order valence-electron chi connectivity index (χ0n) is 10.8. The summed E-state index contributed by atoms with van der Waals surface area (Å²) in [7, 11) is 0. The molecule has 1 atom stereocenters. The molecule has 2 rings (SSSR count). The first-order valence-electron chi connectivity index (χ1n) is 6.24. The molecule has 0 bridgehead atoms. The Hall–Kier alpha value is -2.20. The summed E-state index contributed by atoms with van der Waals surface area (Å²) in [6, 6.07) is 1.65. The molecule has 0 aliphatic carbocycles. The van der Waals surface area contributed by atoms with Crippen LogP contribution in [0.15, 0.2) is 12.4 Å². The highest BCUT2D eigenvalue weighted by molar-refractivity contribution is 5.85. The minimum Gasteiger partial charge on any atom is -0.355 e. The average Bonchev–Trinajstić information content (AvgIpc) is 2.47. The van der Waals surface area contributed by atoms with Crippen molar-refractivity contribution < 1.29 is 4.79 Å². The van der Waals surface area contributed by atoms with Gasteiger partial charge in [-0.2, -0.15) is 5.26 Å². The van der Waals surface area contributed by atoms with Crippen LogP contribution >= 0.6 is 0 Å². The third kappa shape index (κ3) is 2.80. The lowest BCUT2D eigenvalue weighted by atomic mass is 10.1. The van der Waals surface area contributed by atoms with Crippen molar-refractivity contribution in [3.05, 3.63) is 18.1 Å². The van der Waals surface area contributed by atoms with Crippen molar-refractivity contribution in [2.75, 3.05) is 31.1 Å². The fourth-order valence-electron chi connectivity index (χ4n) is 2.10. The van der Waals surface area contributed by atoms with Crippen LogP contribution in [0.4, 0.5) is 5.82 Å². The molecule has 0 radical (unpaired) electrons. The number of hydrogen-bond donors (Lipinski definition) is 2. The van der Waals surface area contributed by atoms with Gasteiger partial charge in [0.05, 0.1) is 0 Å². The first-order valence-corrected chi connectivity index (χ1v) is 6.24. The summed E-state index contributed by atoms with van der Waals surface area (Å²) < 4.78 is 0. The number of nitriles is 1. The summed E-state index contributed by atoms with van der Waals surface area (Å²) in [6.07, 6.45) is 3.01. The number of anilines is 1. The number of carbonyl (C=O) groups excluding carboxylic acids is 1. The predicted molar refractivity (Wildman–Crippen MR) is 69.4 cm³/mol. The van der Waals surface area contributed by atoms with E-state index in [1.54, 1.807) is 0 Å². The molecule has 1 amide bonds. The molecule has 2 N–H and O–H groups in total. The van der Waals surface area contributed by atoms with Crippen molar-refractivity contribution >= 4 is 11.7 Å². The number of likely N-dealkylation sites (N-methyl/N-ethyl adjacent to an activating group) is 1. The number of rotatable bonds is 3. The van der Waals surface area contributed by atoms with Crippen molar-refractivity contribution in [3.63, 3.8) is 0 Å². The van der Waals surface area contributed by atoms with Gasteiger partial charge in [0.2, 0.25) is 5.91 Å². The van der Waals surface area contributed by atoms with Crippen LogP contribution in [0, 0.1) is 11.3 Å². The van der Waals surface area contributed by atoms with Gasteiger partial charge in [-0.05, 0) is 6.92 Å². The standard InChI is InChI=1S/C12H16N6O/c1-2-15-12(19)10-8-14-5-6-18(10)11-9(7-13)16-3-4-17-11/h3-4,10,14H,2,5-6,8H2,1H3,(H,15,19). The second-order valence-corrected chi connectivity index (χ2v) is 4.15. The van der Waals surface area contributed by atoms with E-state index in [1.807, 2.05) is 17.9 Å². The Bertz CT molecular complexity index is 497. The van der Waals surface area contributed by atoms with E-state index in [9.17, 15) is 4.79 Å². The van der Waals surface area contributed by atoms with E-state index >= 15 is 0 Å². The van der Waals surface area contributed by atoms with E-state index in [-0.39, 0.29) is 17.6 Å². The smallest absolute Gasteiger partial charge is 0.244 e. The number of nitrogens with zero attached hydrogens (tertiary/aromatic N) is 4. The van der Waals surface area contributed by atoms with Gasteiger partial charge in [0, 0.05) is 38.6 Å². The van der Waals surface area contributed by atoms with E-state index < -0.39 is 0 Å². The minimum absolute atomic E-state index is 0.0655. The van der Waals surface area contributed by atoms with Crippen molar-refractivity contribution in [2.24, 2.45) is 0 Å². The molecule has 1 aliphatic heterocycles. The molecule has 7 nitrogen and oxygen atoms in total. The number of aromatic nitrogens is 2. The van der Waals surface area contributed by atoms with Gasteiger partial charge < -0.3 is 15.5 Å². The molecule has 0 spiro atoms. The van der Waals surface area contributed by atoms with Gasteiger partial charge in [-0.3, -0.25) is 4.79 Å². The molecule has 1 aliphatic rings. The molecule has 1 unspecified atom stereocenters.